The number of carbonyl (C=O) groups is 2. The van der Waals surface area contributed by atoms with Gasteiger partial charge in [-0.3, -0.25) is 4.79 Å². The summed E-state index contributed by atoms with van der Waals surface area (Å²) < 4.78 is 0. The highest BCUT2D eigenvalue weighted by molar-refractivity contribution is 7.09. The van der Waals surface area contributed by atoms with Crippen molar-refractivity contribution < 1.29 is 9.59 Å². The van der Waals surface area contributed by atoms with E-state index >= 15 is 0 Å². The van der Waals surface area contributed by atoms with E-state index in [9.17, 15) is 9.59 Å². The lowest BCUT2D eigenvalue weighted by Crippen LogP contribution is -2.31. The van der Waals surface area contributed by atoms with E-state index in [1.165, 1.54) is 6.92 Å². The smallest absolute Gasteiger partial charge is 0.319 e. The minimum Gasteiger partial charge on any atom is -0.337 e. The molecule has 6 nitrogen and oxygen atoms in total. The Bertz CT molecular complexity index is 705. The van der Waals surface area contributed by atoms with E-state index in [1.54, 1.807) is 17.5 Å². The van der Waals surface area contributed by atoms with Gasteiger partial charge in [-0.05, 0) is 37.1 Å². The third-order valence-corrected chi connectivity index (χ3v) is 4.54. The lowest BCUT2D eigenvalue weighted by molar-refractivity contribution is -0.114. The molecular formula is C17H22N4O2S. The van der Waals surface area contributed by atoms with Gasteiger partial charge in [0.25, 0.3) is 0 Å². The second-order valence-corrected chi connectivity index (χ2v) is 6.70. The number of benzene rings is 1. The average Bonchev–Trinajstić information content (AvgIpc) is 3.03. The number of nitrogens with zero attached hydrogens (tertiary/aromatic N) is 1. The van der Waals surface area contributed by atoms with E-state index in [0.29, 0.717) is 12.2 Å². The van der Waals surface area contributed by atoms with Crippen LogP contribution in [0.4, 0.5) is 16.2 Å². The van der Waals surface area contributed by atoms with Crippen molar-refractivity contribution in [3.63, 3.8) is 0 Å². The van der Waals surface area contributed by atoms with Crippen LogP contribution >= 0.6 is 11.3 Å². The molecule has 24 heavy (non-hydrogen) atoms. The Labute approximate surface area is 145 Å². The number of hydrogen-bond acceptors (Lipinski definition) is 4. The zero-order chi connectivity index (χ0) is 17.7. The van der Waals surface area contributed by atoms with Crippen LogP contribution in [0.15, 0.2) is 23.7 Å². The fraction of sp³-hybridized carbons (Fsp3) is 0.353. The van der Waals surface area contributed by atoms with Crippen molar-refractivity contribution in [3.05, 3.63) is 39.8 Å². The summed E-state index contributed by atoms with van der Waals surface area (Å²) >= 11 is 1.58. The molecule has 3 amide bonds. The molecule has 2 aromatic rings. The van der Waals surface area contributed by atoms with Crippen LogP contribution in [0.3, 0.4) is 0 Å². The van der Waals surface area contributed by atoms with Gasteiger partial charge >= 0.3 is 6.03 Å². The molecule has 3 N–H and O–H groups in total. The van der Waals surface area contributed by atoms with Gasteiger partial charge in [-0.25, -0.2) is 9.78 Å². The number of hydrogen-bond donors (Lipinski definition) is 3. The summed E-state index contributed by atoms with van der Waals surface area (Å²) in [5, 5.41) is 11.4. The van der Waals surface area contributed by atoms with Crippen molar-refractivity contribution in [2.24, 2.45) is 0 Å². The summed E-state index contributed by atoms with van der Waals surface area (Å²) in [4.78, 5) is 27.5. The number of carbonyl (C=O) groups excluding carboxylic acids is 2. The molecule has 1 atom stereocenters. The summed E-state index contributed by atoms with van der Waals surface area (Å²) in [5.74, 6) is 0.0530. The summed E-state index contributed by atoms with van der Waals surface area (Å²) in [6.45, 7) is 7.80. The number of amides is 3. The molecule has 0 saturated heterocycles. The Hall–Kier alpha value is -2.41. The van der Waals surface area contributed by atoms with Gasteiger partial charge in [0.05, 0.1) is 5.01 Å². The van der Waals surface area contributed by atoms with Crippen LogP contribution in [-0.4, -0.2) is 23.5 Å². The Morgan fingerprint density at radius 1 is 1.21 bits per heavy atom. The molecule has 0 spiro atoms. The topological polar surface area (TPSA) is 83.1 Å². The number of anilines is 2. The molecule has 0 radical (unpaired) electrons. The lowest BCUT2D eigenvalue weighted by atomic mass is 10.1. The molecule has 0 aliphatic heterocycles. The number of rotatable bonds is 5. The molecule has 1 aromatic carbocycles. The molecule has 0 saturated carbocycles. The zero-order valence-corrected chi connectivity index (χ0v) is 15.1. The van der Waals surface area contributed by atoms with Crippen LogP contribution in [0.25, 0.3) is 0 Å². The SMILES string of the molecule is CC(=O)Nc1c(C)cc(NC(=O)NCC(C)c2nccs2)cc1C. The molecule has 128 valence electrons. The van der Waals surface area contributed by atoms with E-state index in [-0.39, 0.29) is 17.9 Å². The molecule has 1 heterocycles. The Balaban J connectivity index is 1.95. The predicted octanol–water partition coefficient (Wildman–Crippen LogP) is 3.64. The second kappa shape index (κ2) is 7.92. The van der Waals surface area contributed by atoms with Crippen molar-refractivity contribution in [3.8, 4) is 0 Å². The molecule has 1 unspecified atom stereocenters. The number of thiazole rings is 1. The molecule has 7 heteroatoms. The molecule has 0 bridgehead atoms. The van der Waals surface area contributed by atoms with Crippen LogP contribution < -0.4 is 16.0 Å². The van der Waals surface area contributed by atoms with Crippen LogP contribution in [0.5, 0.6) is 0 Å². The molecule has 0 aliphatic rings. The largest absolute Gasteiger partial charge is 0.337 e. The van der Waals surface area contributed by atoms with Gasteiger partial charge < -0.3 is 16.0 Å². The van der Waals surface area contributed by atoms with Crippen LogP contribution in [0, 0.1) is 13.8 Å². The normalized spacial score (nSPS) is 11.7. The second-order valence-electron chi connectivity index (χ2n) is 5.77. The van der Waals surface area contributed by atoms with E-state index in [0.717, 1.165) is 21.8 Å². The zero-order valence-electron chi connectivity index (χ0n) is 14.3. The fourth-order valence-electron chi connectivity index (χ4n) is 2.40. The minimum absolute atomic E-state index is 0.115. The van der Waals surface area contributed by atoms with Crippen LogP contribution in [0.2, 0.25) is 0 Å². The van der Waals surface area contributed by atoms with Gasteiger partial charge in [0.1, 0.15) is 0 Å². The standard InChI is InChI=1S/C17H22N4O2S/c1-10-7-14(8-11(2)15(10)20-13(4)22)21-17(23)19-9-12(3)16-18-5-6-24-16/h5-8,12H,9H2,1-4H3,(H,20,22)(H2,19,21,23). The molecule has 0 aliphatic carbocycles. The molecule has 0 fully saturated rings. The quantitative estimate of drug-likeness (QED) is 0.773. The number of aryl methyl sites for hydroxylation is 2. The third-order valence-electron chi connectivity index (χ3n) is 3.53. The van der Waals surface area contributed by atoms with Gasteiger partial charge in [-0.1, -0.05) is 6.92 Å². The third kappa shape index (κ3) is 4.79. The maximum absolute atomic E-state index is 12.1. The van der Waals surface area contributed by atoms with E-state index in [2.05, 4.69) is 20.9 Å². The van der Waals surface area contributed by atoms with E-state index in [1.807, 2.05) is 38.3 Å². The van der Waals surface area contributed by atoms with Gasteiger partial charge in [-0.15, -0.1) is 11.3 Å². The fourth-order valence-corrected chi connectivity index (χ4v) is 3.09. The van der Waals surface area contributed by atoms with Crippen molar-refractivity contribution >= 4 is 34.6 Å². The van der Waals surface area contributed by atoms with Crippen LogP contribution in [0.1, 0.15) is 35.9 Å². The van der Waals surface area contributed by atoms with Crippen molar-refractivity contribution in [2.75, 3.05) is 17.2 Å². The predicted molar refractivity (Wildman–Crippen MR) is 97.8 cm³/mol. The van der Waals surface area contributed by atoms with Crippen molar-refractivity contribution in [1.29, 1.82) is 0 Å². The molecule has 1 aromatic heterocycles. The first kappa shape index (κ1) is 17.9. The Kier molecular flexibility index (Phi) is 5.92. The summed E-state index contributed by atoms with van der Waals surface area (Å²) in [6.07, 6.45) is 1.76. The number of aromatic nitrogens is 1. The van der Waals surface area contributed by atoms with E-state index < -0.39 is 0 Å². The van der Waals surface area contributed by atoms with Crippen molar-refractivity contribution in [2.45, 2.75) is 33.6 Å². The highest BCUT2D eigenvalue weighted by Crippen LogP contribution is 2.25. The van der Waals surface area contributed by atoms with Gasteiger partial charge in [-0.2, -0.15) is 0 Å². The first-order chi connectivity index (χ1) is 11.4. The minimum atomic E-state index is -0.260. The van der Waals surface area contributed by atoms with Gasteiger partial charge in [0.15, 0.2) is 0 Å². The Morgan fingerprint density at radius 2 is 1.88 bits per heavy atom. The molecule has 2 rings (SSSR count). The summed E-state index contributed by atoms with van der Waals surface area (Å²) in [5.41, 5.74) is 3.28. The average molecular weight is 346 g/mol. The maximum Gasteiger partial charge on any atom is 0.319 e. The summed E-state index contributed by atoms with van der Waals surface area (Å²) in [6, 6.07) is 3.41. The van der Waals surface area contributed by atoms with Gasteiger partial charge in [0, 0.05) is 42.3 Å². The number of urea groups is 1. The number of nitrogens with one attached hydrogen (secondary N) is 3. The highest BCUT2D eigenvalue weighted by atomic mass is 32.1. The highest BCUT2D eigenvalue weighted by Gasteiger charge is 2.11. The monoisotopic (exact) mass is 346 g/mol. The van der Waals surface area contributed by atoms with Gasteiger partial charge in [0.2, 0.25) is 5.91 Å². The van der Waals surface area contributed by atoms with Crippen LogP contribution in [-0.2, 0) is 4.79 Å². The Morgan fingerprint density at radius 3 is 2.42 bits per heavy atom. The van der Waals surface area contributed by atoms with Crippen molar-refractivity contribution in [1.82, 2.24) is 10.3 Å². The maximum atomic E-state index is 12.1. The first-order valence-corrected chi connectivity index (χ1v) is 8.58. The molecular weight excluding hydrogens is 324 g/mol. The first-order valence-electron chi connectivity index (χ1n) is 7.70. The lowest BCUT2D eigenvalue weighted by Gasteiger charge is -2.15. The summed E-state index contributed by atoms with van der Waals surface area (Å²) in [7, 11) is 0. The van der Waals surface area contributed by atoms with E-state index in [4.69, 9.17) is 0 Å².